The first-order valence-electron chi connectivity index (χ1n) is 6.71. The van der Waals surface area contributed by atoms with E-state index in [9.17, 15) is 4.39 Å². The summed E-state index contributed by atoms with van der Waals surface area (Å²) in [6, 6.07) is 12.6. The second-order valence-electron chi connectivity index (χ2n) is 4.76. The van der Waals surface area contributed by atoms with Crippen molar-refractivity contribution in [3.63, 3.8) is 0 Å². The molecule has 2 aromatic rings. The molecular formula is C17H18ClF. The molecule has 19 heavy (non-hydrogen) atoms. The average molecular weight is 277 g/mol. The van der Waals surface area contributed by atoms with Crippen LogP contribution in [0.25, 0.3) is 11.1 Å². The predicted molar refractivity (Wildman–Crippen MR) is 80.2 cm³/mol. The van der Waals surface area contributed by atoms with Gasteiger partial charge in [-0.2, -0.15) is 0 Å². The van der Waals surface area contributed by atoms with E-state index in [2.05, 4.69) is 19.9 Å². The monoisotopic (exact) mass is 276 g/mol. The molecule has 2 aromatic carbocycles. The van der Waals surface area contributed by atoms with E-state index in [-0.39, 0.29) is 5.82 Å². The Morgan fingerprint density at radius 1 is 1.05 bits per heavy atom. The lowest BCUT2D eigenvalue weighted by atomic mass is 9.87. The van der Waals surface area contributed by atoms with E-state index in [1.165, 1.54) is 11.6 Å². The van der Waals surface area contributed by atoms with Crippen LogP contribution in [0.4, 0.5) is 4.39 Å². The van der Waals surface area contributed by atoms with Crippen LogP contribution < -0.4 is 0 Å². The molecule has 0 N–H and O–H groups in total. The Labute approximate surface area is 119 Å². The molecule has 0 nitrogen and oxygen atoms in total. The quantitative estimate of drug-likeness (QED) is 0.638. The van der Waals surface area contributed by atoms with Crippen molar-refractivity contribution in [1.82, 2.24) is 0 Å². The van der Waals surface area contributed by atoms with Crippen molar-refractivity contribution in [1.29, 1.82) is 0 Å². The lowest BCUT2D eigenvalue weighted by Crippen LogP contribution is -1.98. The Kier molecular flexibility index (Phi) is 4.60. The van der Waals surface area contributed by atoms with Crippen molar-refractivity contribution in [3.05, 3.63) is 58.9 Å². The fraction of sp³-hybridized carbons (Fsp3) is 0.294. The molecule has 0 spiro atoms. The summed E-state index contributed by atoms with van der Waals surface area (Å²) in [6.45, 7) is 4.36. The molecule has 100 valence electrons. The highest BCUT2D eigenvalue weighted by molar-refractivity contribution is 6.30. The van der Waals surface area contributed by atoms with Crippen LogP contribution in [0.2, 0.25) is 5.02 Å². The zero-order chi connectivity index (χ0) is 13.8. The average Bonchev–Trinajstić information content (AvgIpc) is 2.41. The smallest absolute Gasteiger partial charge is 0.123 e. The molecule has 0 amide bonds. The van der Waals surface area contributed by atoms with Crippen molar-refractivity contribution in [2.75, 3.05) is 0 Å². The van der Waals surface area contributed by atoms with E-state index >= 15 is 0 Å². The van der Waals surface area contributed by atoms with Gasteiger partial charge in [-0.3, -0.25) is 0 Å². The highest BCUT2D eigenvalue weighted by Crippen LogP contribution is 2.35. The summed E-state index contributed by atoms with van der Waals surface area (Å²) in [6.07, 6.45) is 2.14. The molecule has 0 atom stereocenters. The van der Waals surface area contributed by atoms with Gasteiger partial charge in [-0.05, 0) is 59.7 Å². The maximum atomic E-state index is 13.4. The number of hydrogen-bond acceptors (Lipinski definition) is 0. The van der Waals surface area contributed by atoms with E-state index in [4.69, 9.17) is 11.6 Å². The van der Waals surface area contributed by atoms with Gasteiger partial charge in [0.15, 0.2) is 0 Å². The fourth-order valence-electron chi connectivity index (χ4n) is 2.52. The molecule has 0 aliphatic heterocycles. The maximum Gasteiger partial charge on any atom is 0.123 e. The second-order valence-corrected chi connectivity index (χ2v) is 5.19. The Balaban J connectivity index is 2.57. The molecular weight excluding hydrogens is 259 g/mol. The van der Waals surface area contributed by atoms with Gasteiger partial charge in [0.1, 0.15) is 5.82 Å². The molecule has 0 bridgehead atoms. The van der Waals surface area contributed by atoms with Crippen LogP contribution >= 0.6 is 11.6 Å². The molecule has 0 aromatic heterocycles. The van der Waals surface area contributed by atoms with Gasteiger partial charge >= 0.3 is 0 Å². The third-order valence-corrected chi connectivity index (χ3v) is 3.81. The first-order valence-corrected chi connectivity index (χ1v) is 7.08. The van der Waals surface area contributed by atoms with Crippen molar-refractivity contribution in [2.24, 2.45) is 0 Å². The largest absolute Gasteiger partial charge is 0.207 e. The molecule has 0 aliphatic rings. The van der Waals surface area contributed by atoms with Crippen molar-refractivity contribution in [3.8, 4) is 11.1 Å². The first kappa shape index (κ1) is 14.1. The number of halogens is 2. The van der Waals surface area contributed by atoms with Crippen molar-refractivity contribution >= 4 is 11.6 Å². The lowest BCUT2D eigenvalue weighted by molar-refractivity contribution is 0.627. The summed E-state index contributed by atoms with van der Waals surface area (Å²) in [5.41, 5.74) is 3.19. The van der Waals surface area contributed by atoms with Crippen LogP contribution in [-0.4, -0.2) is 0 Å². The Morgan fingerprint density at radius 2 is 1.79 bits per heavy atom. The van der Waals surface area contributed by atoms with Gasteiger partial charge in [-0.1, -0.05) is 43.6 Å². The topological polar surface area (TPSA) is 0 Å². The van der Waals surface area contributed by atoms with Gasteiger partial charge in [0.2, 0.25) is 0 Å². The third kappa shape index (κ3) is 3.16. The molecule has 2 heteroatoms. The van der Waals surface area contributed by atoms with Crippen LogP contribution in [0, 0.1) is 5.82 Å². The molecule has 0 heterocycles. The molecule has 0 saturated heterocycles. The number of benzene rings is 2. The minimum atomic E-state index is -0.215. The van der Waals surface area contributed by atoms with Crippen molar-refractivity contribution in [2.45, 2.75) is 32.6 Å². The summed E-state index contributed by atoms with van der Waals surface area (Å²) in [4.78, 5) is 0. The van der Waals surface area contributed by atoms with E-state index in [0.29, 0.717) is 10.9 Å². The Morgan fingerprint density at radius 3 is 2.42 bits per heavy atom. The van der Waals surface area contributed by atoms with Crippen LogP contribution in [0.3, 0.4) is 0 Å². The highest BCUT2D eigenvalue weighted by Gasteiger charge is 2.14. The second kappa shape index (κ2) is 6.21. The lowest BCUT2D eigenvalue weighted by Gasteiger charge is -2.18. The molecule has 0 fully saturated rings. The molecule has 0 aliphatic carbocycles. The van der Waals surface area contributed by atoms with Gasteiger partial charge in [0.05, 0.1) is 0 Å². The van der Waals surface area contributed by atoms with Gasteiger partial charge in [-0.25, -0.2) is 4.39 Å². The Bertz CT molecular complexity index is 559. The predicted octanol–water partition coefficient (Wildman–Crippen LogP) is 6.05. The molecule has 0 radical (unpaired) electrons. The Hall–Kier alpha value is -1.34. The van der Waals surface area contributed by atoms with E-state index in [0.717, 1.165) is 24.0 Å². The van der Waals surface area contributed by atoms with E-state index in [1.807, 2.05) is 18.2 Å². The fourth-order valence-corrected chi connectivity index (χ4v) is 2.69. The summed E-state index contributed by atoms with van der Waals surface area (Å²) in [5.74, 6) is 0.267. The summed E-state index contributed by atoms with van der Waals surface area (Å²) < 4.78 is 13.4. The van der Waals surface area contributed by atoms with Crippen LogP contribution in [0.1, 0.15) is 38.2 Å². The van der Waals surface area contributed by atoms with Crippen LogP contribution in [0.5, 0.6) is 0 Å². The zero-order valence-electron chi connectivity index (χ0n) is 11.3. The molecule has 2 rings (SSSR count). The maximum absolute atomic E-state index is 13.4. The van der Waals surface area contributed by atoms with Crippen molar-refractivity contribution < 1.29 is 4.39 Å². The van der Waals surface area contributed by atoms with Gasteiger partial charge in [0.25, 0.3) is 0 Å². The van der Waals surface area contributed by atoms with E-state index in [1.54, 1.807) is 12.1 Å². The molecule has 0 unspecified atom stereocenters. The normalized spacial score (nSPS) is 11.0. The highest BCUT2D eigenvalue weighted by atomic mass is 35.5. The molecule has 0 saturated carbocycles. The number of rotatable bonds is 4. The van der Waals surface area contributed by atoms with Gasteiger partial charge in [-0.15, -0.1) is 0 Å². The van der Waals surface area contributed by atoms with Crippen LogP contribution in [0.15, 0.2) is 42.5 Å². The summed E-state index contributed by atoms with van der Waals surface area (Å²) in [5, 5.41) is 0.689. The van der Waals surface area contributed by atoms with Gasteiger partial charge in [0, 0.05) is 5.02 Å². The minimum Gasteiger partial charge on any atom is -0.207 e. The van der Waals surface area contributed by atoms with Crippen LogP contribution in [-0.2, 0) is 0 Å². The summed E-state index contributed by atoms with van der Waals surface area (Å²) in [7, 11) is 0. The first-order chi connectivity index (χ1) is 9.15. The summed E-state index contributed by atoms with van der Waals surface area (Å²) >= 11 is 6.10. The van der Waals surface area contributed by atoms with E-state index < -0.39 is 0 Å². The minimum absolute atomic E-state index is 0.215. The third-order valence-electron chi connectivity index (χ3n) is 3.58. The SMILES string of the molecule is CCC(CC)c1ccc(Cl)cc1-c1cccc(F)c1. The van der Waals surface area contributed by atoms with Gasteiger partial charge < -0.3 is 0 Å². The number of hydrogen-bond donors (Lipinski definition) is 0. The zero-order valence-corrected chi connectivity index (χ0v) is 12.0. The standard InChI is InChI=1S/C17H18ClF/c1-3-12(4-2)16-9-8-14(18)11-17(16)13-6-5-7-15(19)10-13/h5-12H,3-4H2,1-2H3.